The molecular weight excluding hydrogens is 246 g/mol. The molecule has 1 amide bonds. The lowest BCUT2D eigenvalue weighted by molar-refractivity contribution is 0.0116. The highest BCUT2D eigenvalue weighted by molar-refractivity contribution is 7.85. The minimum Gasteiger partial charge on any atom is -0.464 e. The van der Waals surface area contributed by atoms with E-state index in [1.165, 1.54) is 0 Å². The molecule has 1 rings (SSSR count). The molecule has 17 heavy (non-hydrogen) atoms. The van der Waals surface area contributed by atoms with Crippen LogP contribution in [0.3, 0.4) is 0 Å². The van der Waals surface area contributed by atoms with Crippen molar-refractivity contribution in [1.82, 2.24) is 4.31 Å². The highest BCUT2D eigenvalue weighted by atomic mass is 32.2. The minimum absolute atomic E-state index is 0.199. The molecule has 6 nitrogen and oxygen atoms in total. The maximum absolute atomic E-state index is 11.8. The van der Waals surface area contributed by atoms with Gasteiger partial charge in [-0.2, -0.15) is 12.7 Å². The number of carboxylic acid groups (broad SMARTS) is 1. The van der Waals surface area contributed by atoms with E-state index in [-0.39, 0.29) is 5.92 Å². The van der Waals surface area contributed by atoms with Crippen LogP contribution >= 0.6 is 0 Å². The van der Waals surface area contributed by atoms with E-state index in [9.17, 15) is 13.2 Å². The average molecular weight is 265 g/mol. The third kappa shape index (κ3) is 2.55. The van der Waals surface area contributed by atoms with Crippen molar-refractivity contribution < 1.29 is 22.5 Å². The summed E-state index contributed by atoms with van der Waals surface area (Å²) in [6.07, 6.45) is -2.02. The third-order valence-electron chi connectivity index (χ3n) is 3.08. The smallest absolute Gasteiger partial charge is 0.423 e. The van der Waals surface area contributed by atoms with Gasteiger partial charge in [-0.3, -0.25) is 4.18 Å². The van der Waals surface area contributed by atoms with Crippen LogP contribution in [0.5, 0.6) is 0 Å². The predicted molar refractivity (Wildman–Crippen MR) is 61.7 cm³/mol. The second kappa shape index (κ2) is 4.13. The van der Waals surface area contributed by atoms with Crippen LogP contribution in [0.1, 0.15) is 34.6 Å². The molecule has 3 unspecified atom stereocenters. The van der Waals surface area contributed by atoms with E-state index < -0.39 is 34.0 Å². The van der Waals surface area contributed by atoms with Crippen LogP contribution in [0.4, 0.5) is 4.79 Å². The van der Waals surface area contributed by atoms with Gasteiger partial charge < -0.3 is 5.11 Å². The molecule has 0 saturated carbocycles. The van der Waals surface area contributed by atoms with Crippen LogP contribution < -0.4 is 0 Å². The van der Waals surface area contributed by atoms with Gasteiger partial charge >= 0.3 is 16.4 Å². The van der Waals surface area contributed by atoms with Crippen molar-refractivity contribution in [1.29, 1.82) is 0 Å². The summed E-state index contributed by atoms with van der Waals surface area (Å²) < 4.78 is 28.8. The van der Waals surface area contributed by atoms with Crippen LogP contribution in [0.15, 0.2) is 0 Å². The Bertz CT molecular complexity index is 411. The highest BCUT2D eigenvalue weighted by Crippen LogP contribution is 2.38. The lowest BCUT2D eigenvalue weighted by atomic mass is 9.77. The SMILES string of the molecule is CC1OS(=O)(=O)N(C(=O)O)C(C(C)(C)C)C1C. The standard InChI is InChI=1S/C10H19NO5S/c1-6-7(2)16-17(14,15)11(9(12)13)8(6)10(3,4)5/h6-8H,1-5H3,(H,12,13). The summed E-state index contributed by atoms with van der Waals surface area (Å²) in [4.78, 5) is 11.1. The normalized spacial score (nSPS) is 33.5. The van der Waals surface area contributed by atoms with Gasteiger partial charge in [0.25, 0.3) is 0 Å². The molecule has 100 valence electrons. The molecule has 0 aromatic heterocycles. The van der Waals surface area contributed by atoms with Crippen LogP contribution in [0.2, 0.25) is 0 Å². The van der Waals surface area contributed by atoms with Gasteiger partial charge in [0.1, 0.15) is 0 Å². The minimum atomic E-state index is -4.20. The summed E-state index contributed by atoms with van der Waals surface area (Å²) in [5, 5.41) is 9.08. The topological polar surface area (TPSA) is 83.9 Å². The quantitative estimate of drug-likeness (QED) is 0.720. The molecule has 1 aliphatic heterocycles. The Morgan fingerprint density at radius 3 is 2.12 bits per heavy atom. The van der Waals surface area contributed by atoms with Crippen molar-refractivity contribution in [3.8, 4) is 0 Å². The molecular formula is C10H19NO5S. The molecule has 3 atom stereocenters. The number of hydrogen-bond acceptors (Lipinski definition) is 4. The fourth-order valence-corrected chi connectivity index (χ4v) is 3.92. The predicted octanol–water partition coefficient (Wildman–Crippen LogP) is 1.68. The molecule has 0 radical (unpaired) electrons. The fraction of sp³-hybridized carbons (Fsp3) is 0.900. The average Bonchev–Trinajstić information content (AvgIpc) is 2.07. The van der Waals surface area contributed by atoms with Gasteiger partial charge in [-0.15, -0.1) is 0 Å². The molecule has 7 heteroatoms. The first-order valence-corrected chi connectivity index (χ1v) is 6.80. The molecule has 0 aromatic rings. The molecule has 1 N–H and O–H groups in total. The summed E-state index contributed by atoms with van der Waals surface area (Å²) in [6.45, 7) is 8.89. The Morgan fingerprint density at radius 2 is 1.76 bits per heavy atom. The van der Waals surface area contributed by atoms with Crippen molar-refractivity contribution in [3.63, 3.8) is 0 Å². The fourth-order valence-electron chi connectivity index (χ4n) is 2.29. The van der Waals surface area contributed by atoms with Crippen molar-refractivity contribution in [2.75, 3.05) is 0 Å². The Labute approximate surface area is 102 Å². The highest BCUT2D eigenvalue weighted by Gasteiger charge is 2.51. The molecule has 0 aromatic carbocycles. The van der Waals surface area contributed by atoms with Gasteiger partial charge in [-0.25, -0.2) is 4.79 Å². The molecule has 0 aliphatic carbocycles. The monoisotopic (exact) mass is 265 g/mol. The van der Waals surface area contributed by atoms with Gasteiger partial charge in [0.15, 0.2) is 0 Å². The second-order valence-electron chi connectivity index (χ2n) is 5.51. The number of carbonyl (C=O) groups is 1. The number of rotatable bonds is 0. The van der Waals surface area contributed by atoms with Crippen LogP contribution in [0, 0.1) is 11.3 Å². The molecule has 1 aliphatic rings. The van der Waals surface area contributed by atoms with Gasteiger partial charge in [0, 0.05) is 5.92 Å². The van der Waals surface area contributed by atoms with E-state index in [0.29, 0.717) is 4.31 Å². The van der Waals surface area contributed by atoms with Gasteiger partial charge in [0.2, 0.25) is 0 Å². The van der Waals surface area contributed by atoms with Gasteiger partial charge in [0.05, 0.1) is 12.1 Å². The van der Waals surface area contributed by atoms with Gasteiger partial charge in [-0.1, -0.05) is 27.7 Å². The van der Waals surface area contributed by atoms with Crippen molar-refractivity contribution in [2.45, 2.75) is 46.8 Å². The third-order valence-corrected chi connectivity index (χ3v) is 4.49. The summed E-state index contributed by atoms with van der Waals surface area (Å²) in [5.74, 6) is -0.199. The molecule has 0 spiro atoms. The summed E-state index contributed by atoms with van der Waals surface area (Å²) >= 11 is 0. The molecule has 1 saturated heterocycles. The first-order valence-electron chi connectivity index (χ1n) is 5.44. The summed E-state index contributed by atoms with van der Waals surface area (Å²) in [7, 11) is -4.20. The summed E-state index contributed by atoms with van der Waals surface area (Å²) in [5.41, 5.74) is -0.483. The van der Waals surface area contributed by atoms with Crippen LogP contribution in [-0.2, 0) is 14.5 Å². The van der Waals surface area contributed by atoms with E-state index in [1.807, 2.05) is 20.8 Å². The van der Waals surface area contributed by atoms with E-state index in [0.717, 1.165) is 0 Å². The largest absolute Gasteiger partial charge is 0.464 e. The first kappa shape index (κ1) is 14.2. The lowest BCUT2D eigenvalue weighted by Gasteiger charge is -2.46. The maximum atomic E-state index is 11.8. The van der Waals surface area contributed by atoms with E-state index in [4.69, 9.17) is 9.29 Å². The Morgan fingerprint density at radius 1 is 1.29 bits per heavy atom. The maximum Gasteiger partial charge on any atom is 0.423 e. The Balaban J connectivity index is 3.32. The van der Waals surface area contributed by atoms with Crippen LogP contribution in [-0.4, -0.2) is 36.1 Å². The number of hydrogen-bond donors (Lipinski definition) is 1. The van der Waals surface area contributed by atoms with Crippen molar-refractivity contribution in [3.05, 3.63) is 0 Å². The number of amides is 1. The van der Waals surface area contributed by atoms with E-state index in [2.05, 4.69) is 0 Å². The molecule has 1 heterocycles. The lowest BCUT2D eigenvalue weighted by Crippen LogP contribution is -2.60. The molecule has 1 fully saturated rings. The zero-order chi connectivity index (χ0) is 13.6. The number of nitrogens with zero attached hydrogens (tertiary/aromatic N) is 1. The summed E-state index contributed by atoms with van der Waals surface area (Å²) in [6, 6.07) is -0.631. The van der Waals surface area contributed by atoms with Crippen LogP contribution in [0.25, 0.3) is 0 Å². The van der Waals surface area contributed by atoms with E-state index in [1.54, 1.807) is 13.8 Å². The zero-order valence-corrected chi connectivity index (χ0v) is 11.5. The molecule has 0 bridgehead atoms. The van der Waals surface area contributed by atoms with Gasteiger partial charge in [-0.05, 0) is 12.3 Å². The Kier molecular flexibility index (Phi) is 3.46. The second-order valence-corrected chi connectivity index (χ2v) is 6.95. The first-order chi connectivity index (χ1) is 7.48. The van der Waals surface area contributed by atoms with Crippen molar-refractivity contribution >= 4 is 16.4 Å². The van der Waals surface area contributed by atoms with E-state index >= 15 is 0 Å². The van der Waals surface area contributed by atoms with Crippen molar-refractivity contribution in [2.24, 2.45) is 11.3 Å². The zero-order valence-electron chi connectivity index (χ0n) is 10.7. The Hall–Kier alpha value is -0.820.